The molecule has 0 aliphatic carbocycles. The van der Waals surface area contributed by atoms with Gasteiger partial charge in [-0.15, -0.1) is 0 Å². The van der Waals surface area contributed by atoms with Crippen LogP contribution in [0.15, 0.2) is 41.3 Å². The van der Waals surface area contributed by atoms with Crippen molar-refractivity contribution >= 4 is 33.2 Å². The van der Waals surface area contributed by atoms with E-state index in [1.165, 1.54) is 39.5 Å². The molecule has 1 saturated heterocycles. The van der Waals surface area contributed by atoms with Gasteiger partial charge in [-0.05, 0) is 55.7 Å². The second-order valence-electron chi connectivity index (χ2n) is 7.86. The monoisotopic (exact) mass is 445 g/mol. The van der Waals surface area contributed by atoms with E-state index in [0.717, 1.165) is 19.3 Å². The number of nitrogens with zero attached hydrogens (tertiary/aromatic N) is 2. The number of nitrogens with one attached hydrogen (secondary N) is 1. The SMILES string of the molecule is Cc1ccc(S(=O)(=O)N2CCCCC2)cc1C(=O)N1CCC(=O)Nc2cc(F)ccc21. The van der Waals surface area contributed by atoms with Crippen LogP contribution in [0.4, 0.5) is 15.8 Å². The Balaban J connectivity index is 1.72. The van der Waals surface area contributed by atoms with Gasteiger partial charge in [0.05, 0.1) is 16.3 Å². The van der Waals surface area contributed by atoms with Gasteiger partial charge in [0.25, 0.3) is 5.91 Å². The molecule has 7 nitrogen and oxygen atoms in total. The summed E-state index contributed by atoms with van der Waals surface area (Å²) in [6.07, 6.45) is 2.69. The second-order valence-corrected chi connectivity index (χ2v) is 9.80. The Bertz CT molecular complexity index is 1140. The van der Waals surface area contributed by atoms with Crippen molar-refractivity contribution < 1.29 is 22.4 Å². The van der Waals surface area contributed by atoms with Gasteiger partial charge in [-0.2, -0.15) is 4.31 Å². The number of amides is 2. The number of carbonyl (C=O) groups excluding carboxylic acids is 2. The van der Waals surface area contributed by atoms with Crippen molar-refractivity contribution in [3.8, 4) is 0 Å². The number of piperidine rings is 1. The minimum Gasteiger partial charge on any atom is -0.324 e. The highest BCUT2D eigenvalue weighted by atomic mass is 32.2. The maximum atomic E-state index is 13.7. The molecule has 2 aromatic rings. The lowest BCUT2D eigenvalue weighted by molar-refractivity contribution is -0.115. The molecule has 2 aliphatic heterocycles. The quantitative estimate of drug-likeness (QED) is 0.785. The Morgan fingerprint density at radius 3 is 2.52 bits per heavy atom. The van der Waals surface area contributed by atoms with Crippen molar-refractivity contribution in [2.24, 2.45) is 0 Å². The van der Waals surface area contributed by atoms with Crippen LogP contribution in [0.5, 0.6) is 0 Å². The minimum absolute atomic E-state index is 0.0485. The second kappa shape index (κ2) is 8.39. The zero-order valence-corrected chi connectivity index (χ0v) is 18.0. The number of aryl methyl sites for hydroxylation is 1. The van der Waals surface area contributed by atoms with E-state index < -0.39 is 21.7 Å². The van der Waals surface area contributed by atoms with Crippen LogP contribution in [0.25, 0.3) is 0 Å². The van der Waals surface area contributed by atoms with Gasteiger partial charge in [0.1, 0.15) is 5.82 Å². The molecule has 9 heteroatoms. The summed E-state index contributed by atoms with van der Waals surface area (Å²) in [7, 11) is -3.70. The van der Waals surface area contributed by atoms with E-state index in [9.17, 15) is 22.4 Å². The number of sulfonamides is 1. The van der Waals surface area contributed by atoms with Gasteiger partial charge >= 0.3 is 0 Å². The first-order valence-electron chi connectivity index (χ1n) is 10.3. The van der Waals surface area contributed by atoms with Crippen molar-refractivity contribution in [1.82, 2.24) is 4.31 Å². The van der Waals surface area contributed by atoms with Crippen molar-refractivity contribution in [3.05, 3.63) is 53.3 Å². The van der Waals surface area contributed by atoms with Gasteiger partial charge in [0.15, 0.2) is 0 Å². The molecule has 0 atom stereocenters. The molecule has 2 heterocycles. The third-order valence-corrected chi connectivity index (χ3v) is 7.62. The van der Waals surface area contributed by atoms with E-state index in [0.29, 0.717) is 24.3 Å². The van der Waals surface area contributed by atoms with Crippen LogP contribution < -0.4 is 10.2 Å². The van der Waals surface area contributed by atoms with E-state index in [4.69, 9.17) is 0 Å². The van der Waals surface area contributed by atoms with Crippen LogP contribution in [-0.4, -0.2) is 44.2 Å². The number of carbonyl (C=O) groups is 2. The molecule has 4 rings (SSSR count). The molecule has 0 bridgehead atoms. The topological polar surface area (TPSA) is 86.8 Å². The van der Waals surface area contributed by atoms with Gasteiger partial charge in [0, 0.05) is 31.6 Å². The fraction of sp³-hybridized carbons (Fsp3) is 0.364. The largest absolute Gasteiger partial charge is 0.324 e. The summed E-state index contributed by atoms with van der Waals surface area (Å²) >= 11 is 0. The van der Waals surface area contributed by atoms with Crippen LogP contribution in [0, 0.1) is 12.7 Å². The van der Waals surface area contributed by atoms with Crippen molar-refractivity contribution in [3.63, 3.8) is 0 Å². The number of halogens is 1. The molecule has 1 fully saturated rings. The van der Waals surface area contributed by atoms with Crippen molar-refractivity contribution in [2.45, 2.75) is 37.5 Å². The van der Waals surface area contributed by atoms with Gasteiger partial charge in [-0.3, -0.25) is 9.59 Å². The Kier molecular flexibility index (Phi) is 5.81. The van der Waals surface area contributed by atoms with E-state index in [1.807, 2.05) is 0 Å². The Hall–Kier alpha value is -2.78. The van der Waals surface area contributed by atoms with Crippen molar-refractivity contribution in [2.75, 3.05) is 29.9 Å². The molecule has 2 aliphatic rings. The number of fused-ring (bicyclic) bond motifs is 1. The molecule has 0 radical (unpaired) electrons. The van der Waals surface area contributed by atoms with E-state index in [-0.39, 0.29) is 35.0 Å². The fourth-order valence-electron chi connectivity index (χ4n) is 3.99. The van der Waals surface area contributed by atoms with Crippen LogP contribution in [-0.2, 0) is 14.8 Å². The number of rotatable bonds is 3. The Morgan fingerprint density at radius 2 is 1.77 bits per heavy atom. The molecule has 2 amide bonds. The minimum atomic E-state index is -3.70. The molecule has 31 heavy (non-hydrogen) atoms. The molecule has 164 valence electrons. The lowest BCUT2D eigenvalue weighted by Crippen LogP contribution is -2.36. The summed E-state index contributed by atoms with van der Waals surface area (Å²) in [4.78, 5) is 27.0. The summed E-state index contributed by atoms with van der Waals surface area (Å²) in [6.45, 7) is 2.78. The van der Waals surface area contributed by atoms with Gasteiger partial charge < -0.3 is 10.2 Å². The summed E-state index contributed by atoms with van der Waals surface area (Å²) < 4.78 is 41.3. The highest BCUT2D eigenvalue weighted by molar-refractivity contribution is 7.89. The average Bonchev–Trinajstić information content (AvgIpc) is 2.91. The molecule has 2 aromatic carbocycles. The summed E-state index contributed by atoms with van der Waals surface area (Å²) in [5, 5.41) is 2.62. The van der Waals surface area contributed by atoms with Crippen LogP contribution in [0.3, 0.4) is 0 Å². The highest BCUT2D eigenvalue weighted by Gasteiger charge is 2.30. The van der Waals surface area contributed by atoms with Crippen molar-refractivity contribution in [1.29, 1.82) is 0 Å². The molecule has 1 N–H and O–H groups in total. The summed E-state index contributed by atoms with van der Waals surface area (Å²) in [6, 6.07) is 8.39. The smallest absolute Gasteiger partial charge is 0.258 e. The van der Waals surface area contributed by atoms with Crippen LogP contribution in [0.1, 0.15) is 41.6 Å². The molecule has 0 spiro atoms. The molecule has 0 aromatic heterocycles. The van der Waals surface area contributed by atoms with Gasteiger partial charge in [-0.1, -0.05) is 12.5 Å². The van der Waals surface area contributed by atoms with Gasteiger partial charge in [0.2, 0.25) is 15.9 Å². The van der Waals surface area contributed by atoms with E-state index in [1.54, 1.807) is 13.0 Å². The molecule has 0 unspecified atom stereocenters. The highest BCUT2D eigenvalue weighted by Crippen LogP contribution is 2.32. The average molecular weight is 446 g/mol. The van der Waals surface area contributed by atoms with E-state index >= 15 is 0 Å². The maximum absolute atomic E-state index is 13.7. The fourth-order valence-corrected chi connectivity index (χ4v) is 5.54. The third-order valence-electron chi connectivity index (χ3n) is 5.72. The zero-order valence-electron chi connectivity index (χ0n) is 17.2. The normalized spacial score (nSPS) is 17.6. The third kappa shape index (κ3) is 4.20. The molecular weight excluding hydrogens is 421 g/mol. The summed E-state index contributed by atoms with van der Waals surface area (Å²) in [5.74, 6) is -1.28. The standard InChI is InChI=1S/C22H24FN3O4S/c1-15-5-7-17(31(29,30)25-10-3-2-4-11-25)14-18(15)22(28)26-12-9-21(27)24-19-13-16(23)6-8-20(19)26/h5-8,13-14H,2-4,9-12H2,1H3,(H,24,27). The number of hydrogen-bond donors (Lipinski definition) is 1. The molecule has 0 saturated carbocycles. The van der Waals surface area contributed by atoms with Crippen LogP contribution >= 0.6 is 0 Å². The van der Waals surface area contributed by atoms with Crippen LogP contribution in [0.2, 0.25) is 0 Å². The first kappa shape index (κ1) is 21.5. The molecular formula is C22H24FN3O4S. The number of anilines is 2. The summed E-state index contributed by atoms with van der Waals surface area (Å²) in [5.41, 5.74) is 1.45. The lowest BCUT2D eigenvalue weighted by Gasteiger charge is -2.27. The predicted molar refractivity (Wildman–Crippen MR) is 115 cm³/mol. The number of hydrogen-bond acceptors (Lipinski definition) is 4. The Labute approximate surface area is 180 Å². The lowest BCUT2D eigenvalue weighted by atomic mass is 10.1. The predicted octanol–water partition coefficient (Wildman–Crippen LogP) is 3.30. The Morgan fingerprint density at radius 1 is 1.03 bits per heavy atom. The van der Waals surface area contributed by atoms with Gasteiger partial charge in [-0.25, -0.2) is 12.8 Å². The zero-order chi connectivity index (χ0) is 22.2. The van der Waals surface area contributed by atoms with E-state index in [2.05, 4.69) is 5.32 Å². The first-order valence-corrected chi connectivity index (χ1v) is 11.7. The first-order chi connectivity index (χ1) is 14.8. The number of benzene rings is 2. The maximum Gasteiger partial charge on any atom is 0.258 e.